The SMILES string of the molecule is CCCOC(=O)c1c(C)cc(O)c(C)c1O. The molecular weight excluding hydrogens is 208 g/mol. The van der Waals surface area contributed by atoms with E-state index in [0.29, 0.717) is 12.2 Å². The number of benzene rings is 1. The first kappa shape index (κ1) is 12.4. The number of rotatable bonds is 3. The smallest absolute Gasteiger partial charge is 0.342 e. The second kappa shape index (κ2) is 4.88. The third-order valence-corrected chi connectivity index (χ3v) is 2.37. The zero-order valence-electron chi connectivity index (χ0n) is 9.70. The Morgan fingerprint density at radius 3 is 2.56 bits per heavy atom. The number of phenols is 2. The van der Waals surface area contributed by atoms with Crippen LogP contribution in [0.1, 0.15) is 34.8 Å². The van der Waals surface area contributed by atoms with Gasteiger partial charge in [0.1, 0.15) is 17.1 Å². The molecule has 2 N–H and O–H groups in total. The molecule has 0 amide bonds. The van der Waals surface area contributed by atoms with Gasteiger partial charge in [-0.05, 0) is 31.9 Å². The molecule has 1 rings (SSSR count). The molecule has 0 aliphatic heterocycles. The molecule has 1 aromatic carbocycles. The lowest BCUT2D eigenvalue weighted by Crippen LogP contribution is -2.08. The molecule has 0 saturated carbocycles. The van der Waals surface area contributed by atoms with Crippen LogP contribution in [0, 0.1) is 13.8 Å². The van der Waals surface area contributed by atoms with Crippen molar-refractivity contribution in [2.24, 2.45) is 0 Å². The fourth-order valence-corrected chi connectivity index (χ4v) is 1.41. The highest BCUT2D eigenvalue weighted by molar-refractivity contribution is 5.95. The second-order valence-electron chi connectivity index (χ2n) is 3.70. The van der Waals surface area contributed by atoms with Gasteiger partial charge in [0.05, 0.1) is 6.61 Å². The minimum atomic E-state index is -0.556. The molecule has 0 spiro atoms. The zero-order valence-corrected chi connectivity index (χ0v) is 9.70. The van der Waals surface area contributed by atoms with Crippen LogP contribution in [-0.2, 0) is 4.74 Å². The number of hydrogen-bond donors (Lipinski definition) is 2. The van der Waals surface area contributed by atoms with Crippen molar-refractivity contribution in [2.75, 3.05) is 6.61 Å². The minimum absolute atomic E-state index is 0.0259. The fraction of sp³-hybridized carbons (Fsp3) is 0.417. The first-order chi connectivity index (χ1) is 7.49. The molecule has 4 nitrogen and oxygen atoms in total. The van der Waals surface area contributed by atoms with Gasteiger partial charge in [0.15, 0.2) is 0 Å². The van der Waals surface area contributed by atoms with Gasteiger partial charge in [-0.15, -0.1) is 0 Å². The van der Waals surface area contributed by atoms with Crippen molar-refractivity contribution in [1.82, 2.24) is 0 Å². The highest BCUT2D eigenvalue weighted by Crippen LogP contribution is 2.32. The molecule has 0 aliphatic carbocycles. The van der Waals surface area contributed by atoms with E-state index in [4.69, 9.17) is 4.74 Å². The van der Waals surface area contributed by atoms with Gasteiger partial charge in [0.2, 0.25) is 0 Å². The monoisotopic (exact) mass is 224 g/mol. The third-order valence-electron chi connectivity index (χ3n) is 2.37. The van der Waals surface area contributed by atoms with Gasteiger partial charge in [-0.25, -0.2) is 4.79 Å². The number of esters is 1. The predicted octanol–water partition coefficient (Wildman–Crippen LogP) is 2.28. The van der Waals surface area contributed by atoms with Gasteiger partial charge in [0, 0.05) is 5.56 Å². The van der Waals surface area contributed by atoms with Crippen molar-refractivity contribution in [3.63, 3.8) is 0 Å². The molecule has 88 valence electrons. The first-order valence-electron chi connectivity index (χ1n) is 5.18. The predicted molar refractivity (Wildman–Crippen MR) is 59.8 cm³/mol. The molecule has 16 heavy (non-hydrogen) atoms. The molecule has 0 aromatic heterocycles. The van der Waals surface area contributed by atoms with E-state index in [1.165, 1.54) is 6.07 Å². The van der Waals surface area contributed by atoms with E-state index in [-0.39, 0.29) is 22.6 Å². The summed E-state index contributed by atoms with van der Waals surface area (Å²) in [5.74, 6) is -0.791. The van der Waals surface area contributed by atoms with Crippen molar-refractivity contribution >= 4 is 5.97 Å². The number of phenolic OH excluding ortho intramolecular Hbond substituents is 2. The normalized spacial score (nSPS) is 10.2. The van der Waals surface area contributed by atoms with Gasteiger partial charge in [-0.1, -0.05) is 6.92 Å². The zero-order chi connectivity index (χ0) is 12.3. The van der Waals surface area contributed by atoms with Crippen molar-refractivity contribution in [3.05, 3.63) is 22.8 Å². The number of aromatic hydroxyl groups is 2. The van der Waals surface area contributed by atoms with E-state index >= 15 is 0 Å². The van der Waals surface area contributed by atoms with Crippen molar-refractivity contribution in [2.45, 2.75) is 27.2 Å². The van der Waals surface area contributed by atoms with Crippen LogP contribution < -0.4 is 0 Å². The molecule has 0 bridgehead atoms. The van der Waals surface area contributed by atoms with Gasteiger partial charge >= 0.3 is 5.97 Å². The van der Waals surface area contributed by atoms with Crippen LogP contribution in [0.4, 0.5) is 0 Å². The number of aryl methyl sites for hydroxylation is 1. The Balaban J connectivity index is 3.13. The van der Waals surface area contributed by atoms with E-state index in [2.05, 4.69) is 0 Å². The van der Waals surface area contributed by atoms with Gasteiger partial charge in [-0.3, -0.25) is 0 Å². The van der Waals surface area contributed by atoms with Crippen LogP contribution in [0.2, 0.25) is 0 Å². The van der Waals surface area contributed by atoms with Crippen molar-refractivity contribution in [3.8, 4) is 11.5 Å². The quantitative estimate of drug-likeness (QED) is 0.773. The fourth-order valence-electron chi connectivity index (χ4n) is 1.41. The van der Waals surface area contributed by atoms with E-state index in [1.807, 2.05) is 6.92 Å². The summed E-state index contributed by atoms with van der Waals surface area (Å²) < 4.78 is 4.95. The molecule has 0 fully saturated rings. The molecule has 0 saturated heterocycles. The van der Waals surface area contributed by atoms with Gasteiger partial charge in [-0.2, -0.15) is 0 Å². The van der Waals surface area contributed by atoms with Crippen LogP contribution in [0.5, 0.6) is 11.5 Å². The maximum absolute atomic E-state index is 11.6. The lowest BCUT2D eigenvalue weighted by atomic mass is 10.0. The lowest BCUT2D eigenvalue weighted by Gasteiger charge is -2.11. The third kappa shape index (κ3) is 2.27. The molecule has 4 heteroatoms. The molecule has 0 aliphatic rings. The Morgan fingerprint density at radius 2 is 2.00 bits per heavy atom. The highest BCUT2D eigenvalue weighted by Gasteiger charge is 2.19. The van der Waals surface area contributed by atoms with E-state index in [0.717, 1.165) is 6.42 Å². The second-order valence-corrected chi connectivity index (χ2v) is 3.70. The number of carbonyl (C=O) groups is 1. The van der Waals surface area contributed by atoms with Crippen LogP contribution in [0.25, 0.3) is 0 Å². The average molecular weight is 224 g/mol. The summed E-state index contributed by atoms with van der Waals surface area (Å²) in [6, 6.07) is 1.44. The summed E-state index contributed by atoms with van der Waals surface area (Å²) in [7, 11) is 0. The van der Waals surface area contributed by atoms with Crippen LogP contribution in [-0.4, -0.2) is 22.8 Å². The highest BCUT2D eigenvalue weighted by atomic mass is 16.5. The number of ether oxygens (including phenoxy) is 1. The summed E-state index contributed by atoms with van der Waals surface area (Å²) in [4.78, 5) is 11.6. The lowest BCUT2D eigenvalue weighted by molar-refractivity contribution is 0.0500. The van der Waals surface area contributed by atoms with Crippen LogP contribution in [0.15, 0.2) is 6.07 Å². The number of hydrogen-bond acceptors (Lipinski definition) is 4. The van der Waals surface area contributed by atoms with E-state index < -0.39 is 5.97 Å². The van der Waals surface area contributed by atoms with Crippen LogP contribution >= 0.6 is 0 Å². The first-order valence-corrected chi connectivity index (χ1v) is 5.18. The Hall–Kier alpha value is -1.71. The summed E-state index contributed by atoms with van der Waals surface area (Å²) >= 11 is 0. The number of carbonyl (C=O) groups excluding carboxylic acids is 1. The summed E-state index contributed by atoms with van der Waals surface area (Å²) in [5.41, 5.74) is 0.916. The topological polar surface area (TPSA) is 66.8 Å². The molecular formula is C12H16O4. The van der Waals surface area contributed by atoms with Gasteiger partial charge in [0.25, 0.3) is 0 Å². The average Bonchev–Trinajstić information content (AvgIpc) is 2.23. The van der Waals surface area contributed by atoms with E-state index in [9.17, 15) is 15.0 Å². The molecule has 1 aromatic rings. The standard InChI is InChI=1S/C12H16O4/c1-4-5-16-12(15)10-7(2)6-9(13)8(3)11(10)14/h6,13-14H,4-5H2,1-3H3. The van der Waals surface area contributed by atoms with E-state index in [1.54, 1.807) is 13.8 Å². The summed E-state index contributed by atoms with van der Waals surface area (Å²) in [6.45, 7) is 5.39. The van der Waals surface area contributed by atoms with Crippen molar-refractivity contribution in [1.29, 1.82) is 0 Å². The largest absolute Gasteiger partial charge is 0.508 e. The molecule has 0 unspecified atom stereocenters. The molecule has 0 radical (unpaired) electrons. The molecule has 0 atom stereocenters. The molecule has 0 heterocycles. The minimum Gasteiger partial charge on any atom is -0.508 e. The Morgan fingerprint density at radius 1 is 1.38 bits per heavy atom. The summed E-state index contributed by atoms with van der Waals surface area (Å²) in [5, 5.41) is 19.2. The van der Waals surface area contributed by atoms with Gasteiger partial charge < -0.3 is 14.9 Å². The Bertz CT molecular complexity index is 410. The summed E-state index contributed by atoms with van der Waals surface area (Å²) in [6.07, 6.45) is 0.725. The Labute approximate surface area is 94.5 Å². The van der Waals surface area contributed by atoms with Crippen LogP contribution in [0.3, 0.4) is 0 Å². The maximum Gasteiger partial charge on any atom is 0.342 e. The van der Waals surface area contributed by atoms with Crippen molar-refractivity contribution < 1.29 is 19.7 Å². The Kier molecular flexibility index (Phi) is 3.77. The maximum atomic E-state index is 11.6.